The monoisotopic (exact) mass is 262 g/mol. The Bertz CT molecular complexity index is 531. The fourth-order valence-electron chi connectivity index (χ4n) is 1.42. The lowest BCUT2D eigenvalue weighted by Gasteiger charge is -2.07. The van der Waals surface area contributed by atoms with E-state index in [9.17, 15) is 14.4 Å². The van der Waals surface area contributed by atoms with Crippen LogP contribution in [0.1, 0.15) is 33.2 Å². The third-order valence-electron chi connectivity index (χ3n) is 2.32. The molecule has 100 valence electrons. The summed E-state index contributed by atoms with van der Waals surface area (Å²) in [6.45, 7) is 6.82. The molecule has 19 heavy (non-hydrogen) atoms. The van der Waals surface area contributed by atoms with Crippen LogP contribution in [0.2, 0.25) is 0 Å². The van der Waals surface area contributed by atoms with Crippen LogP contribution in [0.15, 0.2) is 30.9 Å². The zero-order valence-electron chi connectivity index (χ0n) is 10.8. The summed E-state index contributed by atoms with van der Waals surface area (Å²) >= 11 is 0. The Morgan fingerprint density at radius 3 is 2.47 bits per heavy atom. The van der Waals surface area contributed by atoms with Crippen LogP contribution < -0.4 is 0 Å². The largest absolute Gasteiger partial charge is 0.462 e. The molecule has 0 fully saturated rings. The van der Waals surface area contributed by atoms with E-state index in [1.165, 1.54) is 18.2 Å². The quantitative estimate of drug-likeness (QED) is 0.472. The van der Waals surface area contributed by atoms with Gasteiger partial charge < -0.3 is 9.47 Å². The topological polar surface area (TPSA) is 69.7 Å². The first-order chi connectivity index (χ1) is 8.99. The smallest absolute Gasteiger partial charge is 0.346 e. The molecule has 0 aliphatic rings. The molecule has 5 heteroatoms. The molecule has 0 saturated carbocycles. The van der Waals surface area contributed by atoms with E-state index in [1.807, 2.05) is 0 Å². The summed E-state index contributed by atoms with van der Waals surface area (Å²) in [7, 11) is 0. The Morgan fingerprint density at radius 1 is 1.26 bits per heavy atom. The molecule has 0 bridgehead atoms. The summed E-state index contributed by atoms with van der Waals surface area (Å²) in [4.78, 5) is 34.1. The standard InChI is InChI=1S/C14H14O5/c1-4-12(15)19-14(17)11-7-6-10(8-9(11)3)13(16)18-5-2/h4,6-8H,1,5H2,2-3H3. The van der Waals surface area contributed by atoms with Crippen LogP contribution in [0.4, 0.5) is 0 Å². The Labute approximate surface area is 110 Å². The Morgan fingerprint density at radius 2 is 1.95 bits per heavy atom. The molecule has 0 unspecified atom stereocenters. The molecule has 1 rings (SSSR count). The molecule has 0 amide bonds. The van der Waals surface area contributed by atoms with E-state index in [0.29, 0.717) is 11.1 Å². The van der Waals surface area contributed by atoms with E-state index in [2.05, 4.69) is 11.3 Å². The fraction of sp³-hybridized carbons (Fsp3) is 0.214. The summed E-state index contributed by atoms with van der Waals surface area (Å²) in [6, 6.07) is 4.37. The number of benzene rings is 1. The lowest BCUT2D eigenvalue weighted by Crippen LogP contribution is -2.12. The van der Waals surface area contributed by atoms with E-state index in [4.69, 9.17) is 4.74 Å². The minimum atomic E-state index is -0.820. The van der Waals surface area contributed by atoms with Crippen molar-refractivity contribution in [3.05, 3.63) is 47.5 Å². The summed E-state index contributed by atoms with van der Waals surface area (Å²) in [5.41, 5.74) is 1.07. The van der Waals surface area contributed by atoms with Gasteiger partial charge in [0, 0.05) is 6.08 Å². The average Bonchev–Trinajstić information content (AvgIpc) is 2.38. The summed E-state index contributed by atoms with van der Waals surface area (Å²) in [5, 5.41) is 0. The lowest BCUT2D eigenvalue weighted by atomic mass is 10.1. The van der Waals surface area contributed by atoms with Crippen molar-refractivity contribution >= 4 is 17.9 Å². The Balaban J connectivity index is 2.94. The summed E-state index contributed by atoms with van der Waals surface area (Å²) in [6.07, 6.45) is 0.903. The minimum Gasteiger partial charge on any atom is -0.462 e. The first-order valence-corrected chi connectivity index (χ1v) is 5.66. The molecule has 0 saturated heterocycles. The van der Waals surface area contributed by atoms with Gasteiger partial charge in [-0.3, -0.25) is 0 Å². The van der Waals surface area contributed by atoms with Crippen molar-refractivity contribution in [2.45, 2.75) is 13.8 Å². The van der Waals surface area contributed by atoms with E-state index >= 15 is 0 Å². The number of hydrogen-bond acceptors (Lipinski definition) is 5. The Kier molecular flexibility index (Phi) is 5.00. The highest BCUT2D eigenvalue weighted by molar-refractivity contribution is 6.01. The van der Waals surface area contributed by atoms with Crippen LogP contribution in [-0.2, 0) is 14.3 Å². The summed E-state index contributed by atoms with van der Waals surface area (Å²) < 4.78 is 9.34. The number of ether oxygens (including phenoxy) is 2. The number of aryl methyl sites for hydroxylation is 1. The normalized spacial score (nSPS) is 9.58. The van der Waals surface area contributed by atoms with Gasteiger partial charge in [-0.25, -0.2) is 14.4 Å². The molecule has 0 aliphatic heterocycles. The number of rotatable bonds is 4. The van der Waals surface area contributed by atoms with Crippen LogP contribution in [0.5, 0.6) is 0 Å². The molecule has 0 radical (unpaired) electrons. The number of carbonyl (C=O) groups excluding carboxylic acids is 3. The minimum absolute atomic E-state index is 0.211. The van der Waals surface area contributed by atoms with Gasteiger partial charge in [-0.1, -0.05) is 6.58 Å². The van der Waals surface area contributed by atoms with Crippen molar-refractivity contribution in [1.82, 2.24) is 0 Å². The zero-order chi connectivity index (χ0) is 14.4. The first-order valence-electron chi connectivity index (χ1n) is 5.66. The highest BCUT2D eigenvalue weighted by Crippen LogP contribution is 2.13. The number of esters is 3. The van der Waals surface area contributed by atoms with Gasteiger partial charge in [0.15, 0.2) is 0 Å². The number of carbonyl (C=O) groups is 3. The highest BCUT2D eigenvalue weighted by Gasteiger charge is 2.15. The molecule has 0 aliphatic carbocycles. The van der Waals surface area contributed by atoms with Crippen molar-refractivity contribution in [1.29, 1.82) is 0 Å². The second-order valence-electron chi connectivity index (χ2n) is 3.66. The van der Waals surface area contributed by atoms with Gasteiger partial charge in [0.1, 0.15) is 0 Å². The molecule has 0 N–H and O–H groups in total. The SMILES string of the molecule is C=CC(=O)OC(=O)c1ccc(C(=O)OCC)cc1C. The third kappa shape index (κ3) is 3.77. The fourth-order valence-corrected chi connectivity index (χ4v) is 1.42. The molecule has 1 aromatic rings. The average molecular weight is 262 g/mol. The predicted octanol–water partition coefficient (Wildman–Crippen LogP) is 2.04. The second kappa shape index (κ2) is 6.49. The van der Waals surface area contributed by atoms with Gasteiger partial charge >= 0.3 is 17.9 Å². The van der Waals surface area contributed by atoms with Crippen LogP contribution >= 0.6 is 0 Å². The van der Waals surface area contributed by atoms with Gasteiger partial charge in [-0.05, 0) is 37.6 Å². The number of hydrogen-bond donors (Lipinski definition) is 0. The van der Waals surface area contributed by atoms with E-state index in [-0.39, 0.29) is 12.2 Å². The second-order valence-corrected chi connectivity index (χ2v) is 3.66. The zero-order valence-corrected chi connectivity index (χ0v) is 10.8. The van der Waals surface area contributed by atoms with E-state index in [1.54, 1.807) is 13.8 Å². The van der Waals surface area contributed by atoms with Crippen LogP contribution in [0.25, 0.3) is 0 Å². The molecule has 0 aromatic heterocycles. The summed E-state index contributed by atoms with van der Waals surface area (Å²) in [5.74, 6) is -2.07. The lowest BCUT2D eigenvalue weighted by molar-refractivity contribution is -0.132. The molecule has 1 aromatic carbocycles. The van der Waals surface area contributed by atoms with Gasteiger partial charge in [0.2, 0.25) is 0 Å². The van der Waals surface area contributed by atoms with E-state index < -0.39 is 17.9 Å². The predicted molar refractivity (Wildman–Crippen MR) is 67.8 cm³/mol. The van der Waals surface area contributed by atoms with Crippen molar-refractivity contribution in [2.24, 2.45) is 0 Å². The van der Waals surface area contributed by atoms with Crippen LogP contribution in [0, 0.1) is 6.92 Å². The first kappa shape index (κ1) is 14.6. The maximum absolute atomic E-state index is 11.6. The van der Waals surface area contributed by atoms with Crippen LogP contribution in [0.3, 0.4) is 0 Å². The van der Waals surface area contributed by atoms with Crippen molar-refractivity contribution in [3.63, 3.8) is 0 Å². The molecule has 5 nitrogen and oxygen atoms in total. The molecule has 0 spiro atoms. The highest BCUT2D eigenvalue weighted by atomic mass is 16.6. The van der Waals surface area contributed by atoms with Crippen molar-refractivity contribution < 1.29 is 23.9 Å². The van der Waals surface area contributed by atoms with Crippen molar-refractivity contribution in [3.8, 4) is 0 Å². The van der Waals surface area contributed by atoms with Gasteiger partial charge in [0.05, 0.1) is 17.7 Å². The molecule has 0 heterocycles. The molecular weight excluding hydrogens is 248 g/mol. The third-order valence-corrected chi connectivity index (χ3v) is 2.32. The van der Waals surface area contributed by atoms with E-state index in [0.717, 1.165) is 6.08 Å². The van der Waals surface area contributed by atoms with Crippen molar-refractivity contribution in [2.75, 3.05) is 6.61 Å². The van der Waals surface area contributed by atoms with Gasteiger partial charge in [-0.15, -0.1) is 0 Å². The van der Waals surface area contributed by atoms with Crippen LogP contribution in [-0.4, -0.2) is 24.5 Å². The Hall–Kier alpha value is -2.43. The van der Waals surface area contributed by atoms with Gasteiger partial charge in [0.25, 0.3) is 0 Å². The van der Waals surface area contributed by atoms with Gasteiger partial charge in [-0.2, -0.15) is 0 Å². The maximum Gasteiger partial charge on any atom is 0.346 e. The maximum atomic E-state index is 11.6. The molecular formula is C14H14O5. The molecule has 0 atom stereocenters.